The smallest absolute Gasteiger partial charge is 0.274 e. The van der Waals surface area contributed by atoms with E-state index in [-0.39, 0.29) is 17.9 Å². The van der Waals surface area contributed by atoms with E-state index >= 15 is 0 Å². The fourth-order valence-electron chi connectivity index (χ4n) is 2.01. The van der Waals surface area contributed by atoms with Crippen molar-refractivity contribution in [3.8, 4) is 0 Å². The van der Waals surface area contributed by atoms with Crippen LogP contribution in [0.4, 0.5) is 0 Å². The lowest BCUT2D eigenvalue weighted by Crippen LogP contribution is -2.38. The molecule has 6 heteroatoms. The highest BCUT2D eigenvalue weighted by molar-refractivity contribution is 5.92. The molecule has 2 amide bonds. The number of hydrogen-bond donors (Lipinski definition) is 1. The maximum atomic E-state index is 12.5. The molecule has 1 atom stereocenters. The minimum Gasteiger partial charge on any atom is -0.354 e. The van der Waals surface area contributed by atoms with Crippen LogP contribution < -0.4 is 5.32 Å². The minimum absolute atomic E-state index is 0.0244. The molecule has 0 radical (unpaired) electrons. The third kappa shape index (κ3) is 6.76. The maximum Gasteiger partial charge on any atom is 0.274 e. The summed E-state index contributed by atoms with van der Waals surface area (Å²) in [5, 5.41) is 2.92. The van der Waals surface area contributed by atoms with Crippen LogP contribution in [0, 0.1) is 6.92 Å². The number of aromatic nitrogens is 2. The maximum absolute atomic E-state index is 12.5. The standard InChI is InChI=1S/C17H28N4O2/c1-5-7-9-21(10-8-16(22)20-13(3)6-2)17(23)15-12-18-14(4)11-19-15/h11-13H,5-10H2,1-4H3,(H,20,22). The lowest BCUT2D eigenvalue weighted by atomic mass is 10.2. The van der Waals surface area contributed by atoms with Crippen LogP contribution in [0.3, 0.4) is 0 Å². The number of unbranched alkanes of at least 4 members (excludes halogenated alkanes) is 1. The van der Waals surface area contributed by atoms with Crippen LogP contribution in [-0.4, -0.2) is 45.8 Å². The molecule has 1 heterocycles. The van der Waals surface area contributed by atoms with Crippen LogP contribution >= 0.6 is 0 Å². The van der Waals surface area contributed by atoms with Gasteiger partial charge in [-0.3, -0.25) is 14.6 Å². The number of rotatable bonds is 9. The average molecular weight is 320 g/mol. The van der Waals surface area contributed by atoms with Gasteiger partial charge < -0.3 is 10.2 Å². The molecule has 1 rings (SSSR count). The van der Waals surface area contributed by atoms with E-state index in [1.165, 1.54) is 6.20 Å². The number of amides is 2. The first-order valence-electron chi connectivity index (χ1n) is 8.35. The van der Waals surface area contributed by atoms with E-state index < -0.39 is 0 Å². The highest BCUT2D eigenvalue weighted by Crippen LogP contribution is 2.05. The Morgan fingerprint density at radius 1 is 1.22 bits per heavy atom. The van der Waals surface area contributed by atoms with E-state index in [1.807, 2.05) is 20.8 Å². The van der Waals surface area contributed by atoms with E-state index in [4.69, 9.17) is 0 Å². The molecular weight excluding hydrogens is 292 g/mol. The summed E-state index contributed by atoms with van der Waals surface area (Å²) in [6, 6.07) is 0.158. The summed E-state index contributed by atoms with van der Waals surface area (Å²) >= 11 is 0. The van der Waals surface area contributed by atoms with Crippen LogP contribution in [-0.2, 0) is 4.79 Å². The highest BCUT2D eigenvalue weighted by Gasteiger charge is 2.18. The zero-order valence-electron chi connectivity index (χ0n) is 14.6. The number of aryl methyl sites for hydroxylation is 1. The quantitative estimate of drug-likeness (QED) is 0.758. The van der Waals surface area contributed by atoms with Crippen LogP contribution in [0.1, 0.15) is 62.6 Å². The highest BCUT2D eigenvalue weighted by atomic mass is 16.2. The molecule has 1 unspecified atom stereocenters. The molecule has 6 nitrogen and oxygen atoms in total. The number of nitrogens with one attached hydrogen (secondary N) is 1. The van der Waals surface area contributed by atoms with Gasteiger partial charge in [0.05, 0.1) is 11.9 Å². The summed E-state index contributed by atoms with van der Waals surface area (Å²) in [5.41, 5.74) is 1.10. The molecular formula is C17H28N4O2. The minimum atomic E-state index is -0.165. The number of carbonyl (C=O) groups excluding carboxylic acids is 2. The normalized spacial score (nSPS) is 11.8. The summed E-state index contributed by atoms with van der Waals surface area (Å²) in [6.45, 7) is 8.93. The van der Waals surface area contributed by atoms with Crippen molar-refractivity contribution in [2.45, 2.75) is 59.4 Å². The molecule has 0 aromatic carbocycles. The van der Waals surface area contributed by atoms with E-state index in [0.29, 0.717) is 25.2 Å². The van der Waals surface area contributed by atoms with E-state index in [9.17, 15) is 9.59 Å². The van der Waals surface area contributed by atoms with Gasteiger partial charge in [-0.15, -0.1) is 0 Å². The summed E-state index contributed by atoms with van der Waals surface area (Å²) in [7, 11) is 0. The number of hydrogen-bond acceptors (Lipinski definition) is 4. The Balaban J connectivity index is 2.66. The van der Waals surface area contributed by atoms with Gasteiger partial charge in [0, 0.05) is 31.7 Å². The second-order valence-corrected chi connectivity index (χ2v) is 5.82. The SMILES string of the molecule is CCCCN(CCC(=O)NC(C)CC)C(=O)c1cnc(C)cn1. The van der Waals surface area contributed by atoms with Crippen molar-refractivity contribution in [3.63, 3.8) is 0 Å². The number of nitrogens with zero attached hydrogens (tertiary/aromatic N) is 3. The zero-order valence-corrected chi connectivity index (χ0v) is 14.6. The Kier molecular flexibility index (Phi) is 8.22. The fraction of sp³-hybridized carbons (Fsp3) is 0.647. The number of carbonyl (C=O) groups is 2. The molecule has 1 N–H and O–H groups in total. The topological polar surface area (TPSA) is 75.2 Å². The summed E-state index contributed by atoms with van der Waals surface area (Å²) in [4.78, 5) is 34.4. The Bertz CT molecular complexity index is 502. The molecule has 0 saturated carbocycles. The molecule has 0 aliphatic heterocycles. The first-order valence-corrected chi connectivity index (χ1v) is 8.35. The van der Waals surface area contributed by atoms with Crippen molar-refractivity contribution in [2.24, 2.45) is 0 Å². The molecule has 1 aromatic rings. The first-order chi connectivity index (χ1) is 11.0. The Morgan fingerprint density at radius 3 is 2.52 bits per heavy atom. The monoisotopic (exact) mass is 320 g/mol. The van der Waals surface area contributed by atoms with Gasteiger partial charge in [0.2, 0.25) is 5.91 Å². The molecule has 0 fully saturated rings. The fourth-order valence-corrected chi connectivity index (χ4v) is 2.01. The summed E-state index contributed by atoms with van der Waals surface area (Å²) in [6.07, 6.45) is 6.17. The molecule has 1 aromatic heterocycles. The lowest BCUT2D eigenvalue weighted by molar-refractivity contribution is -0.121. The summed E-state index contributed by atoms with van der Waals surface area (Å²) in [5.74, 6) is -0.189. The second-order valence-electron chi connectivity index (χ2n) is 5.82. The molecule has 0 bridgehead atoms. The molecule has 0 aliphatic carbocycles. The van der Waals surface area contributed by atoms with Gasteiger partial charge in [-0.05, 0) is 26.7 Å². The Hall–Kier alpha value is -1.98. The molecule has 23 heavy (non-hydrogen) atoms. The third-order valence-corrected chi connectivity index (χ3v) is 3.70. The van der Waals surface area contributed by atoms with Gasteiger partial charge >= 0.3 is 0 Å². The van der Waals surface area contributed by atoms with Crippen molar-refractivity contribution < 1.29 is 9.59 Å². The first kappa shape index (κ1) is 19.1. The Labute approximate surface area is 138 Å². The summed E-state index contributed by atoms with van der Waals surface area (Å²) < 4.78 is 0. The predicted molar refractivity (Wildman–Crippen MR) is 90.1 cm³/mol. The van der Waals surface area contributed by atoms with Gasteiger partial charge in [0.25, 0.3) is 5.91 Å². The van der Waals surface area contributed by atoms with Gasteiger partial charge in [-0.1, -0.05) is 20.3 Å². The molecule has 128 valence electrons. The largest absolute Gasteiger partial charge is 0.354 e. The third-order valence-electron chi connectivity index (χ3n) is 3.70. The van der Waals surface area contributed by atoms with Crippen molar-refractivity contribution >= 4 is 11.8 Å². The van der Waals surface area contributed by atoms with Gasteiger partial charge in [0.15, 0.2) is 0 Å². The average Bonchev–Trinajstić information content (AvgIpc) is 2.55. The van der Waals surface area contributed by atoms with Crippen molar-refractivity contribution in [1.29, 1.82) is 0 Å². The van der Waals surface area contributed by atoms with E-state index in [1.54, 1.807) is 11.1 Å². The molecule has 0 spiro atoms. The lowest BCUT2D eigenvalue weighted by Gasteiger charge is -2.22. The Morgan fingerprint density at radius 2 is 1.96 bits per heavy atom. The van der Waals surface area contributed by atoms with Crippen molar-refractivity contribution in [2.75, 3.05) is 13.1 Å². The van der Waals surface area contributed by atoms with Gasteiger partial charge in [-0.2, -0.15) is 0 Å². The second kappa shape index (κ2) is 9.92. The van der Waals surface area contributed by atoms with Crippen LogP contribution in [0.25, 0.3) is 0 Å². The van der Waals surface area contributed by atoms with Crippen LogP contribution in [0.15, 0.2) is 12.4 Å². The van der Waals surface area contributed by atoms with Crippen LogP contribution in [0.2, 0.25) is 0 Å². The van der Waals surface area contributed by atoms with Gasteiger partial charge in [-0.25, -0.2) is 4.98 Å². The van der Waals surface area contributed by atoms with Crippen LogP contribution in [0.5, 0.6) is 0 Å². The zero-order chi connectivity index (χ0) is 17.2. The van der Waals surface area contributed by atoms with Crippen molar-refractivity contribution in [1.82, 2.24) is 20.2 Å². The van der Waals surface area contributed by atoms with Crippen molar-refractivity contribution in [3.05, 3.63) is 23.8 Å². The molecule has 0 saturated heterocycles. The molecule has 0 aliphatic rings. The van der Waals surface area contributed by atoms with E-state index in [2.05, 4.69) is 22.2 Å². The predicted octanol–water partition coefficient (Wildman–Crippen LogP) is 2.33. The van der Waals surface area contributed by atoms with Gasteiger partial charge in [0.1, 0.15) is 5.69 Å². The van der Waals surface area contributed by atoms with E-state index in [0.717, 1.165) is 25.0 Å².